The van der Waals surface area contributed by atoms with Gasteiger partial charge < -0.3 is 25.6 Å². The lowest BCUT2D eigenvalue weighted by Gasteiger charge is -2.62. The smallest absolute Gasteiger partial charge is 0.251 e. The number of methoxy groups -OCH3 is 1. The van der Waals surface area contributed by atoms with Gasteiger partial charge in [-0.2, -0.15) is 5.06 Å². The van der Waals surface area contributed by atoms with E-state index in [0.717, 1.165) is 29.5 Å². The maximum atomic E-state index is 14.1. The fourth-order valence-electron chi connectivity index (χ4n) is 8.70. The summed E-state index contributed by atoms with van der Waals surface area (Å²) < 4.78 is 5.95. The van der Waals surface area contributed by atoms with Crippen molar-refractivity contribution in [2.45, 2.75) is 77.8 Å². The number of nitrogens with one attached hydrogen (secondary N) is 2. The van der Waals surface area contributed by atoms with Gasteiger partial charge in [0.05, 0.1) is 26.4 Å². The molecule has 49 heavy (non-hydrogen) atoms. The van der Waals surface area contributed by atoms with Gasteiger partial charge in [0.2, 0.25) is 5.91 Å². The molecule has 1 heterocycles. The summed E-state index contributed by atoms with van der Waals surface area (Å²) in [5.41, 5.74) is 4.53. The summed E-state index contributed by atoms with van der Waals surface area (Å²) in [6.45, 7) is 8.98. The van der Waals surface area contributed by atoms with Gasteiger partial charge in [-0.15, -0.1) is 0 Å². The van der Waals surface area contributed by atoms with Gasteiger partial charge in [0.25, 0.3) is 5.91 Å². The third kappa shape index (κ3) is 6.99. The molecule has 7 rings (SSSR count). The van der Waals surface area contributed by atoms with E-state index in [1.807, 2.05) is 60.7 Å². The summed E-state index contributed by atoms with van der Waals surface area (Å²) in [6.07, 6.45) is 1.30. The molecular formula is C40H51N3O6. The predicted molar refractivity (Wildman–Crippen MR) is 188 cm³/mol. The van der Waals surface area contributed by atoms with Crippen LogP contribution in [0.1, 0.15) is 62.0 Å². The molecule has 9 heteroatoms. The number of para-hydroxylation sites is 1. The monoisotopic (exact) mass is 669 g/mol. The average Bonchev–Trinajstić information content (AvgIpc) is 3.48. The van der Waals surface area contributed by atoms with Crippen molar-refractivity contribution in [1.82, 2.24) is 15.7 Å². The van der Waals surface area contributed by atoms with Crippen LogP contribution in [-0.2, 0) is 22.6 Å². The first-order valence-corrected chi connectivity index (χ1v) is 17.6. The number of amides is 2. The molecule has 3 aromatic rings. The molecule has 2 amide bonds. The highest BCUT2D eigenvalue weighted by atomic mass is 16.7. The Bertz CT molecular complexity index is 1610. The highest BCUT2D eigenvalue weighted by molar-refractivity contribution is 5.94. The van der Waals surface area contributed by atoms with Crippen molar-refractivity contribution in [3.05, 3.63) is 89.5 Å². The Morgan fingerprint density at radius 2 is 1.78 bits per heavy atom. The van der Waals surface area contributed by atoms with Crippen LogP contribution in [0.2, 0.25) is 0 Å². The van der Waals surface area contributed by atoms with Gasteiger partial charge in [0.15, 0.2) is 0 Å². The minimum Gasteiger partial charge on any atom is -0.496 e. The molecule has 2 bridgehead atoms. The number of aliphatic hydroxyl groups is 2. The SMILES string of the molecule is COc1c(CN2O[C@@H](CO)[C@@H]([C@H](C)O)[C@H]2C(=O)N[C@H]2C[C@H]3C[C@@H]([C@@H]2C)C3(C)C)cccc1-c1ccc(C(=O)NCCc2ccccc2)cc1. The zero-order valence-electron chi connectivity index (χ0n) is 29.3. The number of hydroxylamine groups is 2. The number of nitrogens with zero attached hydrogens (tertiary/aromatic N) is 1. The number of benzene rings is 3. The van der Waals surface area contributed by atoms with Gasteiger partial charge >= 0.3 is 0 Å². The Kier molecular flexibility index (Phi) is 10.5. The predicted octanol–water partition coefficient (Wildman–Crippen LogP) is 5.00. The van der Waals surface area contributed by atoms with Crippen LogP contribution in [0.4, 0.5) is 0 Å². The molecule has 0 unspecified atom stereocenters. The second kappa shape index (κ2) is 14.6. The second-order valence-corrected chi connectivity index (χ2v) is 14.8. The first-order valence-electron chi connectivity index (χ1n) is 17.6. The Morgan fingerprint density at radius 3 is 2.41 bits per heavy atom. The number of carbonyl (C=O) groups is 2. The number of hydrogen-bond donors (Lipinski definition) is 4. The molecule has 3 saturated carbocycles. The van der Waals surface area contributed by atoms with E-state index in [-0.39, 0.29) is 31.0 Å². The number of ether oxygens (including phenoxy) is 1. The lowest BCUT2D eigenvalue weighted by atomic mass is 9.45. The lowest BCUT2D eigenvalue weighted by molar-refractivity contribution is -0.183. The zero-order chi connectivity index (χ0) is 34.9. The molecule has 4 N–H and O–H groups in total. The van der Waals surface area contributed by atoms with Crippen molar-refractivity contribution in [3.8, 4) is 16.9 Å². The fourth-order valence-corrected chi connectivity index (χ4v) is 8.70. The molecule has 4 fully saturated rings. The topological polar surface area (TPSA) is 120 Å². The van der Waals surface area contributed by atoms with Crippen LogP contribution in [0.3, 0.4) is 0 Å². The van der Waals surface area contributed by atoms with Gasteiger partial charge in [-0.05, 0) is 72.6 Å². The number of aliphatic hydroxyl groups excluding tert-OH is 2. The van der Waals surface area contributed by atoms with Crippen LogP contribution < -0.4 is 15.4 Å². The van der Waals surface area contributed by atoms with Crippen LogP contribution in [-0.4, -0.2) is 71.6 Å². The summed E-state index contributed by atoms with van der Waals surface area (Å²) in [5, 5.41) is 29.0. The Morgan fingerprint density at radius 1 is 1.04 bits per heavy atom. The van der Waals surface area contributed by atoms with Crippen LogP contribution in [0.5, 0.6) is 5.75 Å². The number of hydrogen-bond acceptors (Lipinski definition) is 7. The molecule has 0 aromatic heterocycles. The van der Waals surface area contributed by atoms with Crippen LogP contribution >= 0.6 is 0 Å². The summed E-state index contributed by atoms with van der Waals surface area (Å²) >= 11 is 0. The van der Waals surface area contributed by atoms with Crippen molar-refractivity contribution in [3.63, 3.8) is 0 Å². The van der Waals surface area contributed by atoms with E-state index >= 15 is 0 Å². The minimum atomic E-state index is -0.878. The molecule has 4 aliphatic rings. The summed E-state index contributed by atoms with van der Waals surface area (Å²) in [5.74, 6) is 1.19. The van der Waals surface area contributed by atoms with E-state index in [0.29, 0.717) is 41.0 Å². The summed E-state index contributed by atoms with van der Waals surface area (Å²) in [6, 6.07) is 22.5. The standard InChI is InChI=1S/C40H51N3O6/c1-24-32-20-30(40(32,3)4)21-33(24)42-39(47)36-35(25(2)45)34(23-44)49-43(36)22-29-12-9-13-31(37(29)48-5)27-14-16-28(17-15-27)38(46)41-19-18-26-10-7-6-8-11-26/h6-17,24-25,30,32-36,44-45H,18-23H2,1-5H3,(H,41,46)(H,42,47)/t24-,25-,30+,32-,33-,34-,35+,36-/m0/s1. The molecular weight excluding hydrogens is 618 g/mol. The van der Waals surface area contributed by atoms with E-state index < -0.39 is 24.2 Å². The third-order valence-electron chi connectivity index (χ3n) is 11.7. The van der Waals surface area contributed by atoms with Crippen molar-refractivity contribution >= 4 is 11.8 Å². The number of fused-ring (bicyclic) bond motifs is 2. The van der Waals surface area contributed by atoms with E-state index in [1.54, 1.807) is 31.2 Å². The highest BCUT2D eigenvalue weighted by Gasteiger charge is 2.57. The molecule has 3 aliphatic carbocycles. The summed E-state index contributed by atoms with van der Waals surface area (Å²) in [7, 11) is 1.61. The normalized spacial score (nSPS) is 27.9. The van der Waals surface area contributed by atoms with Gasteiger partial charge in [-0.25, -0.2) is 0 Å². The lowest BCUT2D eigenvalue weighted by Crippen LogP contribution is -2.62. The van der Waals surface area contributed by atoms with E-state index in [1.165, 1.54) is 12.0 Å². The summed E-state index contributed by atoms with van der Waals surface area (Å²) in [4.78, 5) is 33.1. The van der Waals surface area contributed by atoms with Gasteiger partial charge in [-0.1, -0.05) is 81.4 Å². The molecule has 0 radical (unpaired) electrons. The maximum Gasteiger partial charge on any atom is 0.251 e. The molecule has 9 nitrogen and oxygen atoms in total. The quantitative estimate of drug-likeness (QED) is 0.215. The Labute approximate surface area is 290 Å². The van der Waals surface area contributed by atoms with Crippen molar-refractivity contribution in [1.29, 1.82) is 0 Å². The van der Waals surface area contributed by atoms with Crippen LogP contribution in [0.15, 0.2) is 72.8 Å². The van der Waals surface area contributed by atoms with Crippen LogP contribution in [0.25, 0.3) is 11.1 Å². The average molecular weight is 670 g/mol. The van der Waals surface area contributed by atoms with E-state index in [4.69, 9.17) is 9.57 Å². The van der Waals surface area contributed by atoms with Crippen LogP contribution in [0, 0.1) is 29.1 Å². The van der Waals surface area contributed by atoms with Gasteiger partial charge in [0.1, 0.15) is 17.9 Å². The van der Waals surface area contributed by atoms with Crippen molar-refractivity contribution in [2.75, 3.05) is 20.3 Å². The van der Waals surface area contributed by atoms with E-state index in [2.05, 4.69) is 31.4 Å². The first-order chi connectivity index (χ1) is 23.5. The van der Waals surface area contributed by atoms with E-state index in [9.17, 15) is 19.8 Å². The van der Waals surface area contributed by atoms with Crippen molar-refractivity contribution in [2.24, 2.45) is 29.1 Å². The minimum absolute atomic E-state index is 0.0562. The largest absolute Gasteiger partial charge is 0.496 e. The molecule has 8 atom stereocenters. The van der Waals surface area contributed by atoms with Gasteiger partial charge in [0, 0.05) is 35.2 Å². The highest BCUT2D eigenvalue weighted by Crippen LogP contribution is 2.61. The van der Waals surface area contributed by atoms with Gasteiger partial charge in [-0.3, -0.25) is 14.4 Å². The molecule has 3 aromatic carbocycles. The third-order valence-corrected chi connectivity index (χ3v) is 11.7. The molecule has 1 saturated heterocycles. The molecule has 0 spiro atoms. The van der Waals surface area contributed by atoms with Crippen molar-refractivity contribution < 1.29 is 29.4 Å². The molecule has 1 aliphatic heterocycles. The second-order valence-electron chi connectivity index (χ2n) is 14.8. The number of rotatable bonds is 12. The maximum absolute atomic E-state index is 14.1. The Hall–Kier alpha value is -3.76. The molecule has 262 valence electrons. The first kappa shape index (κ1) is 35.1. The fraction of sp³-hybridized carbons (Fsp3) is 0.500. The number of carbonyl (C=O) groups excluding carboxylic acids is 2. The zero-order valence-corrected chi connectivity index (χ0v) is 29.3. The Balaban J connectivity index is 1.18.